The first-order valence-electron chi connectivity index (χ1n) is 22.5. The lowest BCUT2D eigenvalue weighted by atomic mass is 9.12. The van der Waals surface area contributed by atoms with Crippen LogP contribution in [-0.4, -0.2) is 12.1 Å². The van der Waals surface area contributed by atoms with Crippen molar-refractivity contribution in [2.45, 2.75) is 44.6 Å². The lowest BCUT2D eigenvalue weighted by molar-refractivity contribution is -0.664. The fourth-order valence-electron chi connectivity index (χ4n) is 9.65. The first kappa shape index (κ1) is 55.3. The minimum absolute atomic E-state index is 0.336. The number of carbonyl (C=O) groups is 1. The van der Waals surface area contributed by atoms with Gasteiger partial charge in [-0.05, 0) is 48.6 Å². The van der Waals surface area contributed by atoms with Crippen molar-refractivity contribution >= 4 is 44.9 Å². The third kappa shape index (κ3) is 9.38. The molecule has 1 aliphatic carbocycles. The lowest BCUT2D eigenvalue weighted by Crippen LogP contribution is -2.81. The highest BCUT2D eigenvalue weighted by Gasteiger charge is 2.52. The van der Waals surface area contributed by atoms with Gasteiger partial charge in [-0.15, -0.1) is 21.9 Å². The first-order valence-corrected chi connectivity index (χ1v) is 22.5. The van der Waals surface area contributed by atoms with Crippen molar-refractivity contribution < 1.29 is 102 Å². The van der Waals surface area contributed by atoms with Gasteiger partial charge in [0.05, 0.1) is 0 Å². The number of rotatable bonds is 9. The normalized spacial score (nSPS) is 13.0. The number of hydrogen-bond acceptors (Lipinski definition) is 2. The van der Waals surface area contributed by atoms with Gasteiger partial charge in [-0.1, -0.05) is 73.9 Å². The Morgan fingerprint density at radius 1 is 0.403 bits per heavy atom. The second-order valence-electron chi connectivity index (χ2n) is 17.4. The highest BCUT2D eigenvalue weighted by atomic mass is 19.2. The Kier molecular flexibility index (Phi) is 15.5. The van der Waals surface area contributed by atoms with Crippen LogP contribution < -0.4 is 31.2 Å². The molecule has 0 saturated heterocycles. The molecule has 400 valence electrons. The molecular weight excluding hydrogens is 1070 g/mol. The van der Waals surface area contributed by atoms with Crippen LogP contribution in [0.1, 0.15) is 59.6 Å². The van der Waals surface area contributed by atoms with E-state index in [2.05, 4.69) is 30.3 Å². The number of hydrogen-bond donors (Lipinski definition) is 0. The number of aromatic nitrogens is 1. The summed E-state index contributed by atoms with van der Waals surface area (Å²) in [6.45, 7) is 0.604. The molecule has 0 spiro atoms. The van der Waals surface area contributed by atoms with Gasteiger partial charge in [-0.25, -0.2) is 92.6 Å². The zero-order valence-corrected chi connectivity index (χ0v) is 38.4. The van der Waals surface area contributed by atoms with E-state index in [1.165, 1.54) is 37.7 Å². The summed E-state index contributed by atoms with van der Waals surface area (Å²) >= 11 is 0. The van der Waals surface area contributed by atoms with E-state index in [9.17, 15) is 57.5 Å². The van der Waals surface area contributed by atoms with Crippen molar-refractivity contribution in [2.75, 3.05) is 0 Å². The molecule has 0 bridgehead atoms. The third-order valence-corrected chi connectivity index (χ3v) is 13.2. The number of fused-ring (bicyclic) bond motifs is 1. The van der Waals surface area contributed by atoms with Gasteiger partial charge in [0, 0.05) is 23.1 Å². The van der Waals surface area contributed by atoms with E-state index in [-0.39, 0.29) is 5.97 Å². The highest BCUT2D eigenvalue weighted by molar-refractivity contribution is 7.20. The van der Waals surface area contributed by atoms with Gasteiger partial charge in [0.15, 0.2) is 76.4 Å². The zero-order chi connectivity index (χ0) is 56.1. The quantitative estimate of drug-likeness (QED) is 0.0274. The Hall–Kier alpha value is -7.92. The number of nitrogens with zero attached hydrogens (tertiary/aromatic N) is 1. The van der Waals surface area contributed by atoms with Gasteiger partial charge in [0.25, 0.3) is 5.69 Å². The van der Waals surface area contributed by atoms with Crippen LogP contribution in [0.3, 0.4) is 0 Å². The van der Waals surface area contributed by atoms with Crippen LogP contribution in [0.15, 0.2) is 91.0 Å². The van der Waals surface area contributed by atoms with Gasteiger partial charge in [0.2, 0.25) is 5.52 Å². The van der Waals surface area contributed by atoms with Gasteiger partial charge in [-0.3, -0.25) is 0 Å². The Morgan fingerprint density at radius 2 is 0.753 bits per heavy atom. The topological polar surface area (TPSA) is 30.2 Å². The number of carbonyl (C=O) groups excluding carboxylic acids is 1. The fourth-order valence-corrected chi connectivity index (χ4v) is 9.65. The fraction of sp³-hybridized carbons (Fsp3) is 0.132. The molecule has 1 aliphatic rings. The summed E-state index contributed by atoms with van der Waals surface area (Å²) in [5, 5.41) is 1.09. The Labute approximate surface area is 420 Å². The van der Waals surface area contributed by atoms with Crippen molar-refractivity contribution in [1.29, 1.82) is 0 Å². The molecule has 7 aromatic carbocycles. The van der Waals surface area contributed by atoms with E-state index in [1.54, 1.807) is 0 Å². The second kappa shape index (κ2) is 21.6. The number of para-hydroxylation sites is 1. The molecule has 0 radical (unpaired) electrons. The number of ether oxygens (including phenoxy) is 1. The number of benzene rings is 7. The minimum atomic E-state index is -7.22. The average Bonchev–Trinajstić information content (AvgIpc) is 3.45. The standard InChI is InChI=1S/C29H28NO2.C24BF20/c31-29(32-26-18-15-24(16-19-26)23-11-5-2-6-12-23)28-20-17-25-13-7-8-14-27(25)30(28)21-22-9-3-1-4-10-22;26-5-1(6(27)14(35)21(42)13(5)34)25(2-7(28)15(36)22(43)16(37)8(2)29,3-9(30)17(38)23(44)18(39)10(3)31)4-11(32)19(40)24(45)20(41)12(4)33/h1,3-4,7-10,13-20,23H,2,5-6,11-12,21H2;/q+1;-1. The molecule has 1 fully saturated rings. The number of esters is 1. The van der Waals surface area contributed by atoms with E-state index < -0.39 is 144 Å². The van der Waals surface area contributed by atoms with Crippen LogP contribution >= 0.6 is 0 Å². The van der Waals surface area contributed by atoms with E-state index in [0.717, 1.165) is 16.5 Å². The van der Waals surface area contributed by atoms with Crippen LogP contribution in [0.2, 0.25) is 0 Å². The maximum atomic E-state index is 15.4. The molecule has 0 aliphatic heterocycles. The van der Waals surface area contributed by atoms with Crippen molar-refractivity contribution in [2.24, 2.45) is 0 Å². The number of halogens is 20. The van der Waals surface area contributed by atoms with Crippen molar-refractivity contribution in [3.8, 4) is 5.75 Å². The van der Waals surface area contributed by atoms with Crippen molar-refractivity contribution in [3.05, 3.63) is 224 Å². The SMILES string of the molecule is Fc1c(F)c(F)c([B-](c2c(F)c(F)c(F)c(F)c2F)(c2c(F)c(F)c(F)c(F)c2F)c2c(F)c(F)c(F)c(F)c2F)c(F)c1F.O=C(Oc1ccc(C2CCCCC2)cc1)c1ccc2ccccc2[n+]1Cc1ccccc1. The summed E-state index contributed by atoms with van der Waals surface area (Å²) in [6.07, 6.45) is -0.729. The van der Waals surface area contributed by atoms with E-state index >= 15 is 35.1 Å². The summed E-state index contributed by atoms with van der Waals surface area (Å²) in [7, 11) is 0. The van der Waals surface area contributed by atoms with Gasteiger partial charge >= 0.3 is 5.97 Å². The summed E-state index contributed by atoms with van der Waals surface area (Å²) in [6, 6.07) is 30.3. The first-order chi connectivity index (χ1) is 36.5. The molecule has 1 aromatic heterocycles. The Bertz CT molecular complexity index is 3270. The van der Waals surface area contributed by atoms with Crippen LogP contribution in [0.5, 0.6) is 5.75 Å². The summed E-state index contributed by atoms with van der Waals surface area (Å²) in [4.78, 5) is 13.2. The largest absolute Gasteiger partial charge is 0.419 e. The molecule has 3 nitrogen and oxygen atoms in total. The van der Waals surface area contributed by atoms with Crippen LogP contribution in [0.4, 0.5) is 87.8 Å². The molecule has 77 heavy (non-hydrogen) atoms. The maximum Gasteiger partial charge on any atom is 0.409 e. The predicted molar refractivity (Wildman–Crippen MR) is 236 cm³/mol. The molecule has 0 unspecified atom stereocenters. The highest BCUT2D eigenvalue weighted by Crippen LogP contribution is 2.34. The molecule has 8 aromatic rings. The lowest BCUT2D eigenvalue weighted by Gasteiger charge is -2.44. The number of pyridine rings is 1. The van der Waals surface area contributed by atoms with Crippen molar-refractivity contribution in [3.63, 3.8) is 0 Å². The van der Waals surface area contributed by atoms with E-state index in [1.807, 2.05) is 65.2 Å². The molecule has 9 rings (SSSR count). The second-order valence-corrected chi connectivity index (χ2v) is 17.4. The van der Waals surface area contributed by atoms with Crippen LogP contribution in [-0.2, 0) is 6.54 Å². The minimum Gasteiger partial charge on any atom is -0.419 e. The zero-order valence-electron chi connectivity index (χ0n) is 38.4. The van der Waals surface area contributed by atoms with Gasteiger partial charge < -0.3 is 4.74 Å². The van der Waals surface area contributed by atoms with Crippen molar-refractivity contribution in [1.82, 2.24) is 0 Å². The van der Waals surface area contributed by atoms with Gasteiger partial charge in [0.1, 0.15) is 58.4 Å². The summed E-state index contributed by atoms with van der Waals surface area (Å²) < 4.78 is 302. The average molecular weight is 1100 g/mol. The smallest absolute Gasteiger partial charge is 0.409 e. The Morgan fingerprint density at radius 3 is 1.14 bits per heavy atom. The molecule has 0 amide bonds. The maximum absolute atomic E-state index is 15.4. The van der Waals surface area contributed by atoms with Crippen LogP contribution in [0.25, 0.3) is 10.9 Å². The predicted octanol–water partition coefficient (Wildman–Crippen LogP) is 12.3. The molecule has 1 heterocycles. The molecule has 0 N–H and O–H groups in total. The molecular formula is C53H28BF20NO2. The Balaban J connectivity index is 0.000000215. The summed E-state index contributed by atoms with van der Waals surface area (Å²) in [5.41, 5.74) is -10.3. The molecule has 1 saturated carbocycles. The molecule has 24 heteroatoms. The third-order valence-electron chi connectivity index (χ3n) is 13.2. The molecule has 0 atom stereocenters. The monoisotopic (exact) mass is 1100 g/mol. The van der Waals surface area contributed by atoms with Gasteiger partial charge in [-0.2, -0.15) is 4.57 Å². The summed E-state index contributed by atoms with van der Waals surface area (Å²) in [5.74, 6) is -70.5. The van der Waals surface area contributed by atoms with E-state index in [4.69, 9.17) is 4.74 Å². The van der Waals surface area contributed by atoms with E-state index in [0.29, 0.717) is 23.9 Å². The van der Waals surface area contributed by atoms with Crippen LogP contribution in [0, 0.1) is 116 Å².